The molecule has 0 aliphatic heterocycles. The van der Waals surface area contributed by atoms with Crippen molar-refractivity contribution in [1.82, 2.24) is 4.90 Å². The monoisotopic (exact) mass is 215 g/mol. The summed E-state index contributed by atoms with van der Waals surface area (Å²) in [5, 5.41) is 17.6. The second kappa shape index (κ2) is 8.44. The van der Waals surface area contributed by atoms with Gasteiger partial charge in [0.05, 0.1) is 6.61 Å². The lowest BCUT2D eigenvalue weighted by molar-refractivity contribution is -0.132. The van der Waals surface area contributed by atoms with Gasteiger partial charge in [0.2, 0.25) is 0 Å². The molecule has 0 bridgehead atoms. The molecule has 0 fully saturated rings. The summed E-state index contributed by atoms with van der Waals surface area (Å²) in [6, 6.07) is 0. The number of aliphatic carboxylic acids is 1. The Bertz CT molecular complexity index is 208. The Hall–Kier alpha value is -0.870. The highest BCUT2D eigenvalue weighted by molar-refractivity contribution is 5.86. The molecule has 0 saturated carbocycles. The van der Waals surface area contributed by atoms with Gasteiger partial charge < -0.3 is 10.2 Å². The molecule has 15 heavy (non-hydrogen) atoms. The largest absolute Gasteiger partial charge is 0.478 e. The van der Waals surface area contributed by atoms with Gasteiger partial charge in [0.25, 0.3) is 0 Å². The Labute approximate surface area is 91.2 Å². The van der Waals surface area contributed by atoms with Gasteiger partial charge in [0.1, 0.15) is 0 Å². The summed E-state index contributed by atoms with van der Waals surface area (Å²) in [5.41, 5.74) is 0.439. The Morgan fingerprint density at radius 3 is 2.40 bits per heavy atom. The smallest absolute Gasteiger partial charge is 0.331 e. The molecule has 4 heteroatoms. The summed E-state index contributed by atoms with van der Waals surface area (Å²) >= 11 is 0. The molecule has 88 valence electrons. The third-order valence-electron chi connectivity index (χ3n) is 2.21. The predicted octanol–water partition coefficient (Wildman–Crippen LogP) is 1.11. The molecule has 0 spiro atoms. The summed E-state index contributed by atoms with van der Waals surface area (Å²) < 4.78 is 0. The third kappa shape index (κ3) is 6.25. The molecule has 4 nitrogen and oxygen atoms in total. The number of carboxylic acid groups (broad SMARTS) is 1. The van der Waals surface area contributed by atoms with E-state index in [1.54, 1.807) is 6.08 Å². The number of carbonyl (C=O) groups is 1. The van der Waals surface area contributed by atoms with E-state index in [9.17, 15) is 4.79 Å². The van der Waals surface area contributed by atoms with E-state index < -0.39 is 5.97 Å². The first-order valence-electron chi connectivity index (χ1n) is 5.41. The van der Waals surface area contributed by atoms with Crippen LogP contribution in [-0.2, 0) is 4.79 Å². The lowest BCUT2D eigenvalue weighted by Crippen LogP contribution is -2.28. The van der Waals surface area contributed by atoms with Gasteiger partial charge in [-0.15, -0.1) is 0 Å². The number of aliphatic hydroxyl groups excluding tert-OH is 1. The van der Waals surface area contributed by atoms with Gasteiger partial charge in [-0.1, -0.05) is 19.9 Å². The van der Waals surface area contributed by atoms with Crippen molar-refractivity contribution in [2.45, 2.75) is 26.7 Å². The zero-order chi connectivity index (χ0) is 11.7. The van der Waals surface area contributed by atoms with Crippen molar-refractivity contribution in [3.8, 4) is 0 Å². The van der Waals surface area contributed by atoms with E-state index in [1.165, 1.54) is 0 Å². The van der Waals surface area contributed by atoms with E-state index >= 15 is 0 Å². The molecular formula is C11H21NO3. The molecule has 0 radical (unpaired) electrons. The molecule has 0 saturated heterocycles. The average Bonchev–Trinajstić information content (AvgIpc) is 2.18. The van der Waals surface area contributed by atoms with Gasteiger partial charge in [0.15, 0.2) is 0 Å². The van der Waals surface area contributed by atoms with Crippen molar-refractivity contribution < 1.29 is 15.0 Å². The van der Waals surface area contributed by atoms with Gasteiger partial charge in [0, 0.05) is 18.7 Å². The van der Waals surface area contributed by atoms with Crippen molar-refractivity contribution in [1.29, 1.82) is 0 Å². The Kier molecular flexibility index (Phi) is 7.95. The Morgan fingerprint density at radius 2 is 2.00 bits per heavy atom. The number of nitrogens with zero attached hydrogens (tertiary/aromatic N) is 1. The molecule has 2 N–H and O–H groups in total. The average molecular weight is 215 g/mol. The minimum atomic E-state index is -0.849. The second-order valence-corrected chi connectivity index (χ2v) is 3.41. The molecule has 0 aromatic heterocycles. The number of carboxylic acids is 1. The molecule has 0 aliphatic rings. The third-order valence-corrected chi connectivity index (χ3v) is 2.21. The van der Waals surface area contributed by atoms with Gasteiger partial charge in [-0.2, -0.15) is 0 Å². The van der Waals surface area contributed by atoms with Crippen molar-refractivity contribution in [2.75, 3.05) is 26.2 Å². The molecule has 0 aromatic rings. The van der Waals surface area contributed by atoms with Crippen LogP contribution in [0, 0.1) is 0 Å². The van der Waals surface area contributed by atoms with Crippen molar-refractivity contribution >= 4 is 5.97 Å². The quantitative estimate of drug-likeness (QED) is 0.595. The molecule has 0 unspecified atom stereocenters. The first kappa shape index (κ1) is 14.1. The summed E-state index contributed by atoms with van der Waals surface area (Å²) in [6.07, 6.45) is 3.27. The fraction of sp³-hybridized carbons (Fsp3) is 0.727. The van der Waals surface area contributed by atoms with Gasteiger partial charge >= 0.3 is 5.97 Å². The molecular weight excluding hydrogens is 194 g/mol. The Morgan fingerprint density at radius 1 is 1.33 bits per heavy atom. The van der Waals surface area contributed by atoms with E-state index in [-0.39, 0.29) is 6.61 Å². The van der Waals surface area contributed by atoms with E-state index in [4.69, 9.17) is 10.2 Å². The van der Waals surface area contributed by atoms with E-state index in [2.05, 4.69) is 6.92 Å². The summed E-state index contributed by atoms with van der Waals surface area (Å²) in [6.45, 7) is 6.09. The fourth-order valence-electron chi connectivity index (χ4n) is 1.37. The normalized spacial score (nSPS) is 12.1. The van der Waals surface area contributed by atoms with Gasteiger partial charge in [-0.3, -0.25) is 4.90 Å². The van der Waals surface area contributed by atoms with Crippen molar-refractivity contribution in [2.24, 2.45) is 0 Å². The Balaban J connectivity index is 4.20. The molecule has 0 atom stereocenters. The summed E-state index contributed by atoms with van der Waals surface area (Å²) in [7, 11) is 0. The maximum Gasteiger partial charge on any atom is 0.331 e. The van der Waals surface area contributed by atoms with Crippen LogP contribution in [0.3, 0.4) is 0 Å². The highest BCUT2D eigenvalue weighted by Gasteiger charge is 2.05. The lowest BCUT2D eigenvalue weighted by Gasteiger charge is -2.18. The van der Waals surface area contributed by atoms with Crippen LogP contribution in [0.5, 0.6) is 0 Å². The SMILES string of the molecule is CCCN(CC=C(CC)C(=O)O)CCO. The zero-order valence-corrected chi connectivity index (χ0v) is 9.57. The van der Waals surface area contributed by atoms with Gasteiger partial charge in [-0.05, 0) is 19.4 Å². The standard InChI is InChI=1S/C11H21NO3/c1-3-6-12(8-9-13)7-5-10(4-2)11(14)15/h5,13H,3-4,6-9H2,1-2H3,(H,14,15). The van der Waals surface area contributed by atoms with Crippen LogP contribution in [0.2, 0.25) is 0 Å². The number of hydrogen-bond acceptors (Lipinski definition) is 3. The van der Waals surface area contributed by atoms with E-state index in [0.29, 0.717) is 25.1 Å². The zero-order valence-electron chi connectivity index (χ0n) is 9.57. The van der Waals surface area contributed by atoms with Crippen LogP contribution in [0.15, 0.2) is 11.6 Å². The minimum absolute atomic E-state index is 0.113. The molecule has 0 amide bonds. The topological polar surface area (TPSA) is 60.8 Å². The number of rotatable bonds is 8. The van der Waals surface area contributed by atoms with Gasteiger partial charge in [-0.25, -0.2) is 4.79 Å². The van der Waals surface area contributed by atoms with Crippen LogP contribution < -0.4 is 0 Å². The fourth-order valence-corrected chi connectivity index (χ4v) is 1.37. The summed E-state index contributed by atoms with van der Waals surface area (Å²) in [4.78, 5) is 12.8. The lowest BCUT2D eigenvalue weighted by atomic mass is 10.2. The predicted molar refractivity (Wildman–Crippen MR) is 59.8 cm³/mol. The first-order chi connectivity index (χ1) is 7.15. The molecule has 0 heterocycles. The van der Waals surface area contributed by atoms with E-state index in [1.807, 2.05) is 11.8 Å². The van der Waals surface area contributed by atoms with Crippen LogP contribution in [0.25, 0.3) is 0 Å². The van der Waals surface area contributed by atoms with Crippen molar-refractivity contribution in [3.05, 3.63) is 11.6 Å². The van der Waals surface area contributed by atoms with Crippen LogP contribution in [-0.4, -0.2) is 47.3 Å². The minimum Gasteiger partial charge on any atom is -0.478 e. The van der Waals surface area contributed by atoms with E-state index in [0.717, 1.165) is 13.0 Å². The van der Waals surface area contributed by atoms with Crippen LogP contribution >= 0.6 is 0 Å². The molecule has 0 rings (SSSR count). The van der Waals surface area contributed by atoms with Crippen molar-refractivity contribution in [3.63, 3.8) is 0 Å². The molecule has 0 aromatic carbocycles. The van der Waals surface area contributed by atoms with Crippen LogP contribution in [0.1, 0.15) is 26.7 Å². The number of hydrogen-bond donors (Lipinski definition) is 2. The summed E-state index contributed by atoms with van der Waals surface area (Å²) in [5.74, 6) is -0.849. The maximum atomic E-state index is 10.7. The second-order valence-electron chi connectivity index (χ2n) is 3.41. The number of aliphatic hydroxyl groups is 1. The first-order valence-corrected chi connectivity index (χ1v) is 5.41. The highest BCUT2D eigenvalue weighted by atomic mass is 16.4. The van der Waals surface area contributed by atoms with Crippen LogP contribution in [0.4, 0.5) is 0 Å². The highest BCUT2D eigenvalue weighted by Crippen LogP contribution is 2.01. The maximum absolute atomic E-state index is 10.7. The molecule has 0 aliphatic carbocycles.